The molecule has 0 aliphatic carbocycles. The molecule has 0 spiro atoms. The second-order valence-corrected chi connectivity index (χ2v) is 10.5. The molecule has 9 heteroatoms. The van der Waals surface area contributed by atoms with E-state index in [1.54, 1.807) is 30.0 Å². The summed E-state index contributed by atoms with van der Waals surface area (Å²) in [6.07, 6.45) is 3.78. The summed E-state index contributed by atoms with van der Waals surface area (Å²) in [4.78, 5) is 5.91. The Bertz CT molecular complexity index is 1360. The van der Waals surface area contributed by atoms with Crippen molar-refractivity contribution >= 4 is 32.8 Å². The average molecular weight is 486 g/mol. The Morgan fingerprint density at radius 1 is 1.09 bits per heavy atom. The first-order valence-electron chi connectivity index (χ1n) is 10.9. The van der Waals surface area contributed by atoms with Crippen LogP contribution in [0.5, 0.6) is 0 Å². The SMILES string of the molecule is CCCCN(CC)S(=O)(=O)c1ccc2oc(-c3nc(-c4ccc(SC)cc4)no3)c(C)c2c1. The van der Waals surface area contributed by atoms with Gasteiger partial charge in [-0.25, -0.2) is 8.42 Å². The molecule has 0 bridgehead atoms. The van der Waals surface area contributed by atoms with Crippen LogP contribution in [0.15, 0.2) is 61.2 Å². The van der Waals surface area contributed by atoms with Gasteiger partial charge in [0.25, 0.3) is 5.89 Å². The standard InChI is InChI=1S/C24H27N3O4S2/c1-5-7-14-27(6-2)33(28,29)19-12-13-21-20(15-19)16(3)22(30-21)24-25-23(26-31-24)17-8-10-18(32-4)11-9-17/h8-13,15H,5-7,14H2,1-4H3. The summed E-state index contributed by atoms with van der Waals surface area (Å²) in [5.41, 5.74) is 2.17. The van der Waals surface area contributed by atoms with Gasteiger partial charge in [0.2, 0.25) is 15.8 Å². The second kappa shape index (κ2) is 9.70. The van der Waals surface area contributed by atoms with Crippen molar-refractivity contribution in [2.75, 3.05) is 19.3 Å². The normalized spacial score (nSPS) is 12.2. The molecular formula is C24H27N3O4S2. The molecule has 0 saturated heterocycles. The van der Waals surface area contributed by atoms with Crippen LogP contribution < -0.4 is 0 Å². The minimum absolute atomic E-state index is 0.253. The highest BCUT2D eigenvalue weighted by Crippen LogP contribution is 2.35. The summed E-state index contributed by atoms with van der Waals surface area (Å²) >= 11 is 1.66. The lowest BCUT2D eigenvalue weighted by molar-refractivity contribution is 0.418. The van der Waals surface area contributed by atoms with Crippen LogP contribution in [0, 0.1) is 6.92 Å². The van der Waals surface area contributed by atoms with Crippen molar-refractivity contribution in [2.45, 2.75) is 43.4 Å². The number of sulfonamides is 1. The van der Waals surface area contributed by atoms with Crippen LogP contribution in [-0.2, 0) is 10.0 Å². The molecule has 0 atom stereocenters. The number of aromatic nitrogens is 2. The monoisotopic (exact) mass is 485 g/mol. The van der Waals surface area contributed by atoms with Gasteiger partial charge in [0.15, 0.2) is 5.76 Å². The number of unbranched alkanes of at least 4 members (excludes halogenated alkanes) is 1. The summed E-state index contributed by atoms with van der Waals surface area (Å²) in [7, 11) is -3.59. The molecule has 0 N–H and O–H groups in total. The number of fused-ring (bicyclic) bond motifs is 1. The minimum Gasteiger partial charge on any atom is -0.451 e. The van der Waals surface area contributed by atoms with Crippen molar-refractivity contribution in [3.8, 4) is 23.0 Å². The van der Waals surface area contributed by atoms with Crippen molar-refractivity contribution < 1.29 is 17.4 Å². The van der Waals surface area contributed by atoms with E-state index in [4.69, 9.17) is 8.94 Å². The quantitative estimate of drug-likeness (QED) is 0.269. The summed E-state index contributed by atoms with van der Waals surface area (Å²) in [6.45, 7) is 6.70. The molecule has 2 aromatic heterocycles. The summed E-state index contributed by atoms with van der Waals surface area (Å²) < 4.78 is 39.3. The molecule has 2 aromatic carbocycles. The third-order valence-corrected chi connectivity index (χ3v) is 8.34. The van der Waals surface area contributed by atoms with Gasteiger partial charge in [-0.05, 0) is 62.1 Å². The number of aryl methyl sites for hydroxylation is 1. The smallest absolute Gasteiger partial charge is 0.294 e. The number of furan rings is 1. The number of benzene rings is 2. The molecule has 7 nitrogen and oxygen atoms in total. The van der Waals surface area contributed by atoms with Crippen molar-refractivity contribution in [2.24, 2.45) is 0 Å². The zero-order valence-corrected chi connectivity index (χ0v) is 20.8. The highest BCUT2D eigenvalue weighted by molar-refractivity contribution is 7.98. The topological polar surface area (TPSA) is 89.4 Å². The Balaban J connectivity index is 1.68. The fourth-order valence-electron chi connectivity index (χ4n) is 3.67. The number of rotatable bonds is 9. The number of hydrogen-bond donors (Lipinski definition) is 0. The molecule has 4 rings (SSSR count). The average Bonchev–Trinajstić information content (AvgIpc) is 3.44. The number of hydrogen-bond acceptors (Lipinski definition) is 7. The van der Waals surface area contributed by atoms with Gasteiger partial charge in [0.1, 0.15) is 5.58 Å². The van der Waals surface area contributed by atoms with Crippen LogP contribution in [0.1, 0.15) is 32.3 Å². The molecule has 0 saturated carbocycles. The molecular weight excluding hydrogens is 458 g/mol. The predicted octanol–water partition coefficient (Wildman–Crippen LogP) is 5.99. The van der Waals surface area contributed by atoms with Gasteiger partial charge in [0, 0.05) is 34.5 Å². The van der Waals surface area contributed by atoms with Gasteiger partial charge in [-0.3, -0.25) is 0 Å². The van der Waals surface area contributed by atoms with Gasteiger partial charge in [0.05, 0.1) is 4.90 Å². The van der Waals surface area contributed by atoms with Crippen LogP contribution in [0.2, 0.25) is 0 Å². The molecule has 0 fully saturated rings. The van der Waals surface area contributed by atoms with E-state index in [9.17, 15) is 8.42 Å². The summed E-state index contributed by atoms with van der Waals surface area (Å²) in [5, 5.41) is 4.80. The first-order chi connectivity index (χ1) is 15.9. The molecule has 4 aromatic rings. The summed E-state index contributed by atoms with van der Waals surface area (Å²) in [6, 6.07) is 12.8. The lowest BCUT2D eigenvalue weighted by Gasteiger charge is -2.20. The Labute approximate surface area is 198 Å². The fraction of sp³-hybridized carbons (Fsp3) is 0.333. The van der Waals surface area contributed by atoms with Crippen molar-refractivity contribution in [3.05, 3.63) is 48.0 Å². The minimum atomic E-state index is -3.59. The highest BCUT2D eigenvalue weighted by Gasteiger charge is 2.25. The molecule has 2 heterocycles. The summed E-state index contributed by atoms with van der Waals surface area (Å²) in [5.74, 6) is 1.17. The lowest BCUT2D eigenvalue weighted by atomic mass is 10.1. The Hall–Kier alpha value is -2.62. The Morgan fingerprint density at radius 2 is 1.85 bits per heavy atom. The predicted molar refractivity (Wildman–Crippen MR) is 131 cm³/mol. The molecule has 0 amide bonds. The molecule has 33 heavy (non-hydrogen) atoms. The van der Waals surface area contributed by atoms with Crippen LogP contribution in [0.3, 0.4) is 0 Å². The van der Waals surface area contributed by atoms with Crippen molar-refractivity contribution in [1.82, 2.24) is 14.4 Å². The van der Waals surface area contributed by atoms with Gasteiger partial charge in [-0.15, -0.1) is 11.8 Å². The zero-order valence-electron chi connectivity index (χ0n) is 19.2. The van der Waals surface area contributed by atoms with E-state index < -0.39 is 10.0 Å². The third-order valence-electron chi connectivity index (χ3n) is 5.63. The largest absolute Gasteiger partial charge is 0.451 e. The zero-order chi connectivity index (χ0) is 23.6. The van der Waals surface area contributed by atoms with Gasteiger partial charge < -0.3 is 8.94 Å². The van der Waals surface area contributed by atoms with Crippen LogP contribution in [0.25, 0.3) is 34.0 Å². The van der Waals surface area contributed by atoms with E-state index in [0.717, 1.165) is 28.9 Å². The molecule has 0 radical (unpaired) electrons. The van der Waals surface area contributed by atoms with Gasteiger partial charge in [-0.2, -0.15) is 9.29 Å². The molecule has 0 aliphatic rings. The fourth-order valence-corrected chi connectivity index (χ4v) is 5.59. The Morgan fingerprint density at radius 3 is 2.52 bits per heavy atom. The first-order valence-corrected chi connectivity index (χ1v) is 13.6. The lowest BCUT2D eigenvalue weighted by Crippen LogP contribution is -2.31. The van der Waals surface area contributed by atoms with Gasteiger partial charge in [-0.1, -0.05) is 25.4 Å². The van der Waals surface area contributed by atoms with Crippen LogP contribution in [0.4, 0.5) is 0 Å². The number of thioether (sulfide) groups is 1. The molecule has 0 aliphatic heterocycles. The van der Waals surface area contributed by atoms with Crippen LogP contribution >= 0.6 is 11.8 Å². The van der Waals surface area contributed by atoms with Gasteiger partial charge >= 0.3 is 0 Å². The van der Waals surface area contributed by atoms with Crippen LogP contribution in [-0.4, -0.2) is 42.2 Å². The van der Waals surface area contributed by atoms with E-state index in [2.05, 4.69) is 10.1 Å². The first kappa shape index (κ1) is 23.5. The van der Waals surface area contributed by atoms with E-state index in [1.165, 1.54) is 4.31 Å². The van der Waals surface area contributed by atoms with E-state index in [1.807, 2.05) is 51.3 Å². The maximum atomic E-state index is 13.2. The third kappa shape index (κ3) is 4.58. The van der Waals surface area contributed by atoms with E-state index in [0.29, 0.717) is 35.6 Å². The highest BCUT2D eigenvalue weighted by atomic mass is 32.2. The van der Waals surface area contributed by atoms with Crippen molar-refractivity contribution in [3.63, 3.8) is 0 Å². The molecule has 174 valence electrons. The molecule has 0 unspecified atom stereocenters. The maximum Gasteiger partial charge on any atom is 0.294 e. The van der Waals surface area contributed by atoms with E-state index in [-0.39, 0.29) is 10.8 Å². The second-order valence-electron chi connectivity index (χ2n) is 7.72. The van der Waals surface area contributed by atoms with Crippen molar-refractivity contribution in [1.29, 1.82) is 0 Å². The Kier molecular flexibility index (Phi) is 6.92. The van der Waals surface area contributed by atoms with E-state index >= 15 is 0 Å². The maximum absolute atomic E-state index is 13.2. The number of nitrogens with zero attached hydrogens (tertiary/aromatic N) is 3.